The third-order valence-corrected chi connectivity index (χ3v) is 3.98. The summed E-state index contributed by atoms with van der Waals surface area (Å²) in [5.41, 5.74) is 1.64. The molecule has 0 saturated carbocycles. The van der Waals surface area contributed by atoms with Crippen molar-refractivity contribution in [2.24, 2.45) is 0 Å². The first kappa shape index (κ1) is 14.6. The van der Waals surface area contributed by atoms with Crippen LogP contribution in [0, 0.1) is 0 Å². The highest BCUT2D eigenvalue weighted by Crippen LogP contribution is 2.32. The zero-order chi connectivity index (χ0) is 15.5. The van der Waals surface area contributed by atoms with Crippen molar-refractivity contribution in [2.45, 2.75) is 0 Å². The lowest BCUT2D eigenvalue weighted by Gasteiger charge is -2.04. The first-order valence-corrected chi connectivity index (χ1v) is 7.49. The molecule has 7 nitrogen and oxygen atoms in total. The van der Waals surface area contributed by atoms with Crippen molar-refractivity contribution in [3.63, 3.8) is 0 Å². The van der Waals surface area contributed by atoms with Crippen molar-refractivity contribution in [1.82, 2.24) is 14.6 Å². The third kappa shape index (κ3) is 2.83. The summed E-state index contributed by atoms with van der Waals surface area (Å²) in [4.78, 5) is 5.34. The van der Waals surface area contributed by atoms with Gasteiger partial charge in [-0.05, 0) is 18.2 Å². The van der Waals surface area contributed by atoms with Crippen molar-refractivity contribution >= 4 is 21.4 Å². The molecule has 0 unspecified atom stereocenters. The normalized spacial score (nSPS) is 11.0. The topological polar surface area (TPSA) is 80.9 Å². The highest BCUT2D eigenvalue weighted by Gasteiger charge is 2.11. The van der Waals surface area contributed by atoms with E-state index >= 15 is 0 Å². The van der Waals surface area contributed by atoms with Crippen molar-refractivity contribution in [2.75, 3.05) is 32.7 Å². The molecule has 3 aromatic rings. The van der Waals surface area contributed by atoms with Gasteiger partial charge in [-0.2, -0.15) is 0 Å². The monoisotopic (exact) mass is 320 g/mol. The summed E-state index contributed by atoms with van der Waals surface area (Å²) in [5, 5.41) is 18.0. The first-order valence-electron chi connectivity index (χ1n) is 6.67. The summed E-state index contributed by atoms with van der Waals surface area (Å²) in [6.45, 7) is 1.33. The predicted molar refractivity (Wildman–Crippen MR) is 84.9 cm³/mol. The summed E-state index contributed by atoms with van der Waals surface area (Å²) in [5.74, 6) is 0.527. The zero-order valence-corrected chi connectivity index (χ0v) is 13.1. The van der Waals surface area contributed by atoms with Gasteiger partial charge < -0.3 is 19.9 Å². The number of nitrogens with one attached hydrogen (secondary N) is 1. The van der Waals surface area contributed by atoms with Crippen LogP contribution in [0.5, 0.6) is 11.5 Å². The molecule has 0 atom stereocenters. The number of aromatic hydroxyl groups is 1. The number of ether oxygens (including phenoxy) is 2. The number of hydrogen-bond donors (Lipinski definition) is 2. The molecule has 0 saturated heterocycles. The average Bonchev–Trinajstić information content (AvgIpc) is 3.06. The Bertz CT molecular complexity index is 752. The number of nitrogens with zero attached hydrogens (tertiary/aromatic N) is 3. The fourth-order valence-corrected chi connectivity index (χ4v) is 2.81. The van der Waals surface area contributed by atoms with E-state index in [4.69, 9.17) is 9.47 Å². The highest BCUT2D eigenvalue weighted by atomic mass is 32.1. The van der Waals surface area contributed by atoms with Gasteiger partial charge in [0.1, 0.15) is 0 Å². The van der Waals surface area contributed by atoms with Gasteiger partial charge in [-0.3, -0.25) is 0 Å². The highest BCUT2D eigenvalue weighted by molar-refractivity contribution is 7.20. The van der Waals surface area contributed by atoms with E-state index in [9.17, 15) is 5.11 Å². The molecule has 0 spiro atoms. The number of phenols is 1. The molecule has 2 heterocycles. The van der Waals surface area contributed by atoms with Crippen molar-refractivity contribution in [3.8, 4) is 22.8 Å². The summed E-state index contributed by atoms with van der Waals surface area (Å²) in [7, 11) is 3.18. The van der Waals surface area contributed by atoms with Crippen LogP contribution in [0.3, 0.4) is 0 Å². The van der Waals surface area contributed by atoms with Crippen LogP contribution in [0.15, 0.2) is 24.4 Å². The molecule has 0 aliphatic heterocycles. The molecule has 0 aliphatic rings. The van der Waals surface area contributed by atoms with Gasteiger partial charge in [0.2, 0.25) is 10.1 Å². The Morgan fingerprint density at radius 3 is 2.95 bits per heavy atom. The molecule has 0 aliphatic carbocycles. The zero-order valence-electron chi connectivity index (χ0n) is 12.2. The second-order valence-corrected chi connectivity index (χ2v) is 5.52. The Hall–Kier alpha value is -2.32. The van der Waals surface area contributed by atoms with Gasteiger partial charge in [0, 0.05) is 19.2 Å². The van der Waals surface area contributed by atoms with E-state index in [1.165, 1.54) is 18.4 Å². The standard InChI is InChI=1S/C14H16N4O3S/c1-20-6-5-15-13-17-18-8-10(16-14(18)22-13)9-3-4-11(19)12(7-9)21-2/h3-4,7-8,19H,5-6H2,1-2H3,(H,15,17). The largest absolute Gasteiger partial charge is 0.504 e. The lowest BCUT2D eigenvalue weighted by Crippen LogP contribution is -2.07. The van der Waals surface area contributed by atoms with Gasteiger partial charge in [0.25, 0.3) is 0 Å². The summed E-state index contributed by atoms with van der Waals surface area (Å²) in [6.07, 6.45) is 1.85. The SMILES string of the molecule is COCCNc1nn2cc(-c3ccc(O)c(OC)c3)nc2s1. The summed E-state index contributed by atoms with van der Waals surface area (Å²) >= 11 is 1.47. The maximum absolute atomic E-state index is 9.64. The Labute approximate surface area is 131 Å². The van der Waals surface area contributed by atoms with Crippen molar-refractivity contribution in [3.05, 3.63) is 24.4 Å². The lowest BCUT2D eigenvalue weighted by atomic mass is 10.1. The van der Waals surface area contributed by atoms with Gasteiger partial charge in [0.05, 0.1) is 25.6 Å². The van der Waals surface area contributed by atoms with Gasteiger partial charge in [-0.25, -0.2) is 9.50 Å². The molecule has 2 N–H and O–H groups in total. The molecule has 3 rings (SSSR count). The van der Waals surface area contributed by atoms with E-state index < -0.39 is 0 Å². The minimum absolute atomic E-state index is 0.107. The van der Waals surface area contributed by atoms with Crippen molar-refractivity contribution in [1.29, 1.82) is 0 Å². The summed E-state index contributed by atoms with van der Waals surface area (Å²) < 4.78 is 11.8. The maximum atomic E-state index is 9.64. The fraction of sp³-hybridized carbons (Fsp3) is 0.286. The molecule has 1 aromatic carbocycles. The number of aromatic nitrogens is 3. The van der Waals surface area contributed by atoms with Crippen LogP contribution in [-0.2, 0) is 4.74 Å². The Kier molecular flexibility index (Phi) is 4.12. The van der Waals surface area contributed by atoms with E-state index in [1.54, 1.807) is 29.8 Å². The summed E-state index contributed by atoms with van der Waals surface area (Å²) in [6, 6.07) is 5.13. The Morgan fingerprint density at radius 1 is 1.36 bits per heavy atom. The molecule has 8 heteroatoms. The molecule has 0 fully saturated rings. The number of methoxy groups -OCH3 is 2. The van der Waals surface area contributed by atoms with Crippen LogP contribution >= 0.6 is 11.3 Å². The predicted octanol–water partition coefficient (Wildman–Crippen LogP) is 2.23. The molecule has 22 heavy (non-hydrogen) atoms. The van der Waals surface area contributed by atoms with E-state index in [0.717, 1.165) is 21.3 Å². The first-order chi connectivity index (χ1) is 10.7. The molecule has 2 aromatic heterocycles. The lowest BCUT2D eigenvalue weighted by molar-refractivity contribution is 0.210. The fourth-order valence-electron chi connectivity index (χ4n) is 2.01. The van der Waals surface area contributed by atoms with Crippen LogP contribution in [0.2, 0.25) is 0 Å². The third-order valence-electron chi connectivity index (χ3n) is 3.10. The quantitative estimate of drug-likeness (QED) is 0.678. The number of anilines is 1. The van der Waals surface area contributed by atoms with Crippen molar-refractivity contribution < 1.29 is 14.6 Å². The van der Waals surface area contributed by atoms with Crippen LogP contribution < -0.4 is 10.1 Å². The second-order valence-electron chi connectivity index (χ2n) is 4.57. The number of hydrogen-bond acceptors (Lipinski definition) is 7. The van der Waals surface area contributed by atoms with Crippen LogP contribution in [0.25, 0.3) is 16.2 Å². The maximum Gasteiger partial charge on any atom is 0.214 e. The van der Waals surface area contributed by atoms with Crippen LogP contribution in [0.1, 0.15) is 0 Å². The van der Waals surface area contributed by atoms with E-state index in [-0.39, 0.29) is 5.75 Å². The number of rotatable bonds is 6. The smallest absolute Gasteiger partial charge is 0.214 e. The van der Waals surface area contributed by atoms with Gasteiger partial charge in [-0.15, -0.1) is 5.10 Å². The number of imidazole rings is 1. The van der Waals surface area contributed by atoms with E-state index in [1.807, 2.05) is 6.20 Å². The minimum Gasteiger partial charge on any atom is -0.504 e. The van der Waals surface area contributed by atoms with E-state index in [0.29, 0.717) is 18.9 Å². The average molecular weight is 320 g/mol. The number of phenolic OH excluding ortho intramolecular Hbond substituents is 1. The molecule has 116 valence electrons. The second kappa shape index (κ2) is 6.20. The number of fused-ring (bicyclic) bond motifs is 1. The molecular formula is C14H16N4O3S. The minimum atomic E-state index is 0.107. The van der Waals surface area contributed by atoms with E-state index in [2.05, 4.69) is 15.4 Å². The Morgan fingerprint density at radius 2 is 2.23 bits per heavy atom. The molecule has 0 amide bonds. The van der Waals surface area contributed by atoms with Crippen LogP contribution in [0.4, 0.5) is 5.13 Å². The van der Waals surface area contributed by atoms with Gasteiger partial charge >= 0.3 is 0 Å². The molecule has 0 bridgehead atoms. The molecular weight excluding hydrogens is 304 g/mol. The number of benzene rings is 1. The van der Waals surface area contributed by atoms with Crippen LogP contribution in [-0.4, -0.2) is 47.1 Å². The molecule has 0 radical (unpaired) electrons. The van der Waals surface area contributed by atoms with Gasteiger partial charge in [0.15, 0.2) is 11.5 Å². The Balaban J connectivity index is 1.85. The van der Waals surface area contributed by atoms with Gasteiger partial charge in [-0.1, -0.05) is 11.3 Å².